The van der Waals surface area contributed by atoms with Gasteiger partial charge in [0.2, 0.25) is 0 Å². The Kier molecular flexibility index (Phi) is 5.96. The smallest absolute Gasteiger partial charge is 0.416 e. The lowest BCUT2D eigenvalue weighted by molar-refractivity contribution is -0.137. The molecule has 1 aliphatic heterocycles. The molecule has 9 nitrogen and oxygen atoms in total. The molecule has 186 valence electrons. The molecule has 0 spiro atoms. The van der Waals surface area contributed by atoms with Crippen LogP contribution in [-0.4, -0.2) is 38.9 Å². The number of rotatable bonds is 5. The molecule has 3 aromatic heterocycles. The van der Waals surface area contributed by atoms with Crippen molar-refractivity contribution in [1.82, 2.24) is 24.7 Å². The van der Waals surface area contributed by atoms with E-state index in [1.165, 1.54) is 13.2 Å². The van der Waals surface area contributed by atoms with E-state index in [9.17, 15) is 18.0 Å². The number of carbonyl (C=O) groups excluding carboxylic acids is 1. The van der Waals surface area contributed by atoms with Gasteiger partial charge in [-0.1, -0.05) is 6.07 Å². The van der Waals surface area contributed by atoms with Gasteiger partial charge in [0.05, 0.1) is 24.3 Å². The largest absolute Gasteiger partial charge is 0.496 e. The predicted octanol–water partition coefficient (Wildman–Crippen LogP) is 4.08. The fourth-order valence-corrected chi connectivity index (χ4v) is 4.32. The number of hydrogen-bond acceptors (Lipinski definition) is 7. The Bertz CT molecular complexity index is 1450. The van der Waals surface area contributed by atoms with Gasteiger partial charge in [-0.25, -0.2) is 15.0 Å². The zero-order valence-corrected chi connectivity index (χ0v) is 19.1. The molecule has 1 aliphatic rings. The highest BCUT2D eigenvalue weighted by Crippen LogP contribution is 2.35. The topological polar surface area (TPSA) is 119 Å². The second-order valence-corrected chi connectivity index (χ2v) is 8.30. The minimum atomic E-state index is -4.56. The summed E-state index contributed by atoms with van der Waals surface area (Å²) in [6.45, 7) is 0.897. The summed E-state index contributed by atoms with van der Waals surface area (Å²) < 4.78 is 46.4. The van der Waals surface area contributed by atoms with Gasteiger partial charge in [-0.2, -0.15) is 13.2 Å². The highest BCUT2D eigenvalue weighted by Gasteiger charge is 2.31. The Labute approximate surface area is 203 Å². The van der Waals surface area contributed by atoms with E-state index in [2.05, 4.69) is 20.6 Å². The maximum Gasteiger partial charge on any atom is 0.416 e. The zero-order valence-electron chi connectivity index (χ0n) is 19.1. The lowest BCUT2D eigenvalue weighted by atomic mass is 10.1. The molecule has 4 N–H and O–H groups in total. The van der Waals surface area contributed by atoms with Crippen LogP contribution >= 0.6 is 0 Å². The van der Waals surface area contributed by atoms with Crippen molar-refractivity contribution in [3.05, 3.63) is 65.9 Å². The molecule has 0 radical (unpaired) electrons. The molecule has 1 fully saturated rings. The van der Waals surface area contributed by atoms with Gasteiger partial charge in [0.15, 0.2) is 0 Å². The molecule has 1 unspecified atom stereocenters. The van der Waals surface area contributed by atoms with Crippen molar-refractivity contribution < 1.29 is 22.7 Å². The Morgan fingerprint density at radius 1 is 1.22 bits per heavy atom. The zero-order chi connectivity index (χ0) is 25.4. The number of nitrogen functional groups attached to an aromatic ring is 1. The van der Waals surface area contributed by atoms with Gasteiger partial charge in [0.1, 0.15) is 34.4 Å². The van der Waals surface area contributed by atoms with Crippen LogP contribution in [0.5, 0.6) is 5.75 Å². The van der Waals surface area contributed by atoms with Gasteiger partial charge in [-0.3, -0.25) is 9.20 Å². The number of alkyl halides is 3. The third-order valence-corrected chi connectivity index (χ3v) is 6.03. The highest BCUT2D eigenvalue weighted by atomic mass is 19.4. The molecular formula is C24H22F3N7O2. The number of nitrogens with zero attached hydrogens (tertiary/aromatic N) is 4. The van der Waals surface area contributed by atoms with Crippen molar-refractivity contribution in [3.8, 4) is 17.0 Å². The maximum absolute atomic E-state index is 13.0. The first-order valence-electron chi connectivity index (χ1n) is 11.1. The van der Waals surface area contributed by atoms with Gasteiger partial charge in [-0.05, 0) is 43.7 Å². The van der Waals surface area contributed by atoms with Crippen LogP contribution < -0.4 is 21.1 Å². The molecule has 1 aromatic carbocycles. The first-order chi connectivity index (χ1) is 17.3. The molecule has 0 saturated carbocycles. The third-order valence-electron chi connectivity index (χ3n) is 6.03. The number of fused-ring (bicyclic) bond motifs is 1. The number of ether oxygens (including phenoxy) is 1. The molecular weight excluding hydrogens is 475 g/mol. The van der Waals surface area contributed by atoms with Crippen LogP contribution in [-0.2, 0) is 6.18 Å². The second kappa shape index (κ2) is 9.11. The number of amides is 1. The fraction of sp³-hybridized carbons (Fsp3) is 0.250. The summed E-state index contributed by atoms with van der Waals surface area (Å²) >= 11 is 0. The number of carbonyl (C=O) groups is 1. The molecule has 5 rings (SSSR count). The van der Waals surface area contributed by atoms with Crippen LogP contribution in [0, 0.1) is 0 Å². The van der Waals surface area contributed by atoms with E-state index in [-0.39, 0.29) is 23.2 Å². The van der Waals surface area contributed by atoms with Gasteiger partial charge < -0.3 is 21.1 Å². The molecule has 0 aliphatic carbocycles. The quantitative estimate of drug-likeness (QED) is 0.380. The fourth-order valence-electron chi connectivity index (χ4n) is 4.32. The third kappa shape index (κ3) is 4.31. The van der Waals surface area contributed by atoms with Crippen LogP contribution in [0.3, 0.4) is 0 Å². The van der Waals surface area contributed by atoms with Crippen molar-refractivity contribution in [2.45, 2.75) is 25.1 Å². The summed E-state index contributed by atoms with van der Waals surface area (Å²) in [6, 6.07) is 6.50. The molecule has 36 heavy (non-hydrogen) atoms. The molecule has 12 heteroatoms. The minimum Gasteiger partial charge on any atom is -0.496 e. The summed E-state index contributed by atoms with van der Waals surface area (Å²) in [6.07, 6.45) is 1.82. The van der Waals surface area contributed by atoms with Crippen LogP contribution in [0.1, 0.15) is 40.6 Å². The Morgan fingerprint density at radius 3 is 2.78 bits per heavy atom. The SMILES string of the molecule is COc1cc(-c2nc(C3CCCN3)n3ccnc(N)c23)ccc1C(=O)Nc1cc(C(F)(F)F)ccn1. The number of pyridine rings is 1. The number of methoxy groups -OCH3 is 1. The summed E-state index contributed by atoms with van der Waals surface area (Å²) in [7, 11) is 1.40. The maximum atomic E-state index is 13.0. The average Bonchev–Trinajstić information content (AvgIpc) is 3.52. The molecule has 1 amide bonds. The van der Waals surface area contributed by atoms with Crippen LogP contribution in [0.25, 0.3) is 16.8 Å². The van der Waals surface area contributed by atoms with E-state index in [0.29, 0.717) is 22.6 Å². The summed E-state index contributed by atoms with van der Waals surface area (Å²) in [5, 5.41) is 5.83. The standard InChI is InChI=1S/C24H22F3N7O2/c1-36-17-11-13(4-5-15(17)23(35)32-18-12-14(6-8-30-18)24(25,26)27)19-20-21(28)31-9-10-34(20)22(33-19)16-3-2-7-29-16/h4-6,8-12,16,29H,2-3,7H2,1H3,(H2,28,31)(H,30,32,35). The summed E-state index contributed by atoms with van der Waals surface area (Å²) in [4.78, 5) is 25.8. The Hall–Kier alpha value is -4.19. The summed E-state index contributed by atoms with van der Waals surface area (Å²) in [5.74, 6) is 0.426. The Balaban J connectivity index is 1.51. The van der Waals surface area contributed by atoms with Crippen molar-refractivity contribution in [3.63, 3.8) is 0 Å². The van der Waals surface area contributed by atoms with Crippen LogP contribution in [0.4, 0.5) is 24.8 Å². The second-order valence-electron chi connectivity index (χ2n) is 8.30. The molecule has 1 saturated heterocycles. The number of aromatic nitrogens is 4. The first-order valence-corrected chi connectivity index (χ1v) is 11.1. The average molecular weight is 497 g/mol. The first kappa shape index (κ1) is 23.5. The lowest BCUT2D eigenvalue weighted by Gasteiger charge is -2.12. The van der Waals surface area contributed by atoms with E-state index in [1.54, 1.807) is 24.5 Å². The number of benzene rings is 1. The van der Waals surface area contributed by atoms with Gasteiger partial charge in [0.25, 0.3) is 5.91 Å². The lowest BCUT2D eigenvalue weighted by Crippen LogP contribution is -2.16. The van der Waals surface area contributed by atoms with Gasteiger partial charge in [-0.15, -0.1) is 0 Å². The summed E-state index contributed by atoms with van der Waals surface area (Å²) in [5.41, 5.74) is 7.26. The highest BCUT2D eigenvalue weighted by molar-refractivity contribution is 6.06. The van der Waals surface area contributed by atoms with E-state index in [1.807, 2.05) is 4.40 Å². The van der Waals surface area contributed by atoms with E-state index in [0.717, 1.165) is 43.5 Å². The minimum absolute atomic E-state index is 0.0694. The van der Waals surface area contributed by atoms with Crippen molar-refractivity contribution in [2.75, 3.05) is 24.7 Å². The van der Waals surface area contributed by atoms with Crippen molar-refractivity contribution in [1.29, 1.82) is 0 Å². The monoisotopic (exact) mass is 497 g/mol. The van der Waals surface area contributed by atoms with Crippen molar-refractivity contribution >= 4 is 23.1 Å². The van der Waals surface area contributed by atoms with Crippen molar-refractivity contribution in [2.24, 2.45) is 0 Å². The number of hydrogen-bond donors (Lipinski definition) is 3. The van der Waals surface area contributed by atoms with E-state index in [4.69, 9.17) is 15.5 Å². The molecule has 0 bridgehead atoms. The van der Waals surface area contributed by atoms with Gasteiger partial charge in [0, 0.05) is 24.2 Å². The predicted molar refractivity (Wildman–Crippen MR) is 127 cm³/mol. The normalized spacial score (nSPS) is 15.8. The molecule has 1 atom stereocenters. The van der Waals surface area contributed by atoms with Crippen LogP contribution in [0.2, 0.25) is 0 Å². The van der Waals surface area contributed by atoms with E-state index < -0.39 is 17.6 Å². The number of nitrogens with one attached hydrogen (secondary N) is 2. The van der Waals surface area contributed by atoms with E-state index >= 15 is 0 Å². The number of halogens is 3. The van der Waals surface area contributed by atoms with Gasteiger partial charge >= 0.3 is 6.18 Å². The number of anilines is 2. The van der Waals surface area contributed by atoms with Crippen LogP contribution in [0.15, 0.2) is 48.9 Å². The molecule has 4 aromatic rings. The number of imidazole rings is 1. The number of nitrogens with two attached hydrogens (primary N) is 1. The Morgan fingerprint density at radius 2 is 2.06 bits per heavy atom. The molecule has 4 heterocycles.